The number of piperazine rings is 1. The summed E-state index contributed by atoms with van der Waals surface area (Å²) in [5.74, 6) is 0.556. The highest BCUT2D eigenvalue weighted by molar-refractivity contribution is 14.0. The lowest BCUT2D eigenvalue weighted by molar-refractivity contribution is -0.117. The first-order chi connectivity index (χ1) is 14.2. The zero-order chi connectivity index (χ0) is 20.2. The molecule has 30 heavy (non-hydrogen) atoms. The van der Waals surface area contributed by atoms with Gasteiger partial charge in [0.2, 0.25) is 5.91 Å². The summed E-state index contributed by atoms with van der Waals surface area (Å²) < 4.78 is 14.0. The molecule has 1 N–H and O–H groups in total. The van der Waals surface area contributed by atoms with Gasteiger partial charge in [0.25, 0.3) is 0 Å². The summed E-state index contributed by atoms with van der Waals surface area (Å²) in [6.07, 6.45) is 0.897. The van der Waals surface area contributed by atoms with E-state index in [9.17, 15) is 9.18 Å². The van der Waals surface area contributed by atoms with Gasteiger partial charge in [0.1, 0.15) is 5.82 Å². The maximum atomic E-state index is 14.0. The molecule has 1 amide bonds. The van der Waals surface area contributed by atoms with E-state index in [0.717, 1.165) is 31.7 Å². The molecule has 1 fully saturated rings. The minimum atomic E-state index is -0.194. The van der Waals surface area contributed by atoms with Gasteiger partial charge in [0.15, 0.2) is 5.96 Å². The minimum Gasteiger partial charge on any atom is -0.366 e. The van der Waals surface area contributed by atoms with Crippen LogP contribution in [0.3, 0.4) is 0 Å². The molecule has 2 aliphatic heterocycles. The quantitative estimate of drug-likeness (QED) is 0.382. The minimum absolute atomic E-state index is 0. The molecule has 0 unspecified atom stereocenters. The number of nitrogens with zero attached hydrogens (tertiary/aromatic N) is 4. The van der Waals surface area contributed by atoms with Gasteiger partial charge in [-0.15, -0.1) is 24.0 Å². The van der Waals surface area contributed by atoms with Crippen LogP contribution < -0.4 is 15.1 Å². The van der Waals surface area contributed by atoms with E-state index in [-0.39, 0.29) is 42.2 Å². The Balaban J connectivity index is 0.00000256. The fourth-order valence-electron chi connectivity index (χ4n) is 4.05. The molecule has 0 bridgehead atoms. The van der Waals surface area contributed by atoms with E-state index in [1.807, 2.05) is 40.1 Å². The predicted molar refractivity (Wildman–Crippen MR) is 129 cm³/mol. The molecule has 2 heterocycles. The Kier molecular flexibility index (Phi) is 7.52. The number of para-hydroxylation sites is 2. The molecule has 0 aromatic heterocycles. The number of halogens is 2. The zero-order valence-electron chi connectivity index (χ0n) is 17.1. The summed E-state index contributed by atoms with van der Waals surface area (Å²) in [6.45, 7) is 3.77. The third kappa shape index (κ3) is 4.69. The lowest BCUT2D eigenvalue weighted by Gasteiger charge is -2.37. The number of carbonyl (C=O) groups excluding carboxylic acids is 1. The Morgan fingerprint density at radius 1 is 1.00 bits per heavy atom. The van der Waals surface area contributed by atoms with Crippen molar-refractivity contribution in [2.75, 3.05) is 56.1 Å². The highest BCUT2D eigenvalue weighted by atomic mass is 127. The molecule has 2 aliphatic rings. The second-order valence-electron chi connectivity index (χ2n) is 7.25. The normalized spacial score (nSPS) is 16.2. The molecule has 1 saturated heterocycles. The van der Waals surface area contributed by atoms with Crippen LogP contribution in [0, 0.1) is 5.82 Å². The van der Waals surface area contributed by atoms with E-state index in [4.69, 9.17) is 0 Å². The molecule has 8 heteroatoms. The van der Waals surface area contributed by atoms with Gasteiger partial charge in [-0.2, -0.15) is 0 Å². The van der Waals surface area contributed by atoms with Gasteiger partial charge in [-0.3, -0.25) is 9.79 Å². The SMILES string of the molecule is CN=C(NCC(=O)N1CCc2ccccc21)N1CCN(c2ccccc2F)CC1.I. The molecule has 0 aliphatic carbocycles. The van der Waals surface area contributed by atoms with Crippen molar-refractivity contribution in [2.24, 2.45) is 4.99 Å². The molecule has 0 radical (unpaired) electrons. The number of amides is 1. The Hall–Kier alpha value is -2.36. The fourth-order valence-corrected chi connectivity index (χ4v) is 4.05. The molecule has 4 rings (SSSR count). The Morgan fingerprint density at radius 2 is 1.67 bits per heavy atom. The number of anilines is 2. The summed E-state index contributed by atoms with van der Waals surface area (Å²) in [5.41, 5.74) is 2.86. The van der Waals surface area contributed by atoms with Crippen molar-refractivity contribution in [1.82, 2.24) is 10.2 Å². The number of aliphatic imine (C=N–C) groups is 1. The van der Waals surface area contributed by atoms with Gasteiger partial charge in [-0.1, -0.05) is 30.3 Å². The first-order valence-electron chi connectivity index (χ1n) is 10.0. The predicted octanol–water partition coefficient (Wildman–Crippen LogP) is 2.73. The number of guanidine groups is 1. The monoisotopic (exact) mass is 523 g/mol. The number of nitrogens with one attached hydrogen (secondary N) is 1. The van der Waals surface area contributed by atoms with Crippen molar-refractivity contribution in [3.8, 4) is 0 Å². The van der Waals surface area contributed by atoms with Crippen molar-refractivity contribution < 1.29 is 9.18 Å². The summed E-state index contributed by atoms with van der Waals surface area (Å²) in [6, 6.07) is 14.9. The van der Waals surface area contributed by atoms with E-state index in [0.29, 0.717) is 24.7 Å². The van der Waals surface area contributed by atoms with Crippen molar-refractivity contribution in [2.45, 2.75) is 6.42 Å². The summed E-state index contributed by atoms with van der Waals surface area (Å²) in [7, 11) is 1.72. The van der Waals surface area contributed by atoms with Crippen LogP contribution in [0.25, 0.3) is 0 Å². The topological polar surface area (TPSA) is 51.2 Å². The standard InChI is InChI=1S/C22H26FN5O.HI/c1-24-22(25-16-21(29)28-11-10-17-6-2-4-8-19(17)28)27-14-12-26(13-15-27)20-9-5-3-7-18(20)23;/h2-9H,10-16H2,1H3,(H,24,25);1H. The van der Waals surface area contributed by atoms with E-state index >= 15 is 0 Å². The largest absolute Gasteiger partial charge is 0.366 e. The number of benzene rings is 2. The van der Waals surface area contributed by atoms with E-state index < -0.39 is 0 Å². The second kappa shape index (κ2) is 10.1. The molecule has 0 saturated carbocycles. The van der Waals surface area contributed by atoms with Crippen LogP contribution >= 0.6 is 24.0 Å². The van der Waals surface area contributed by atoms with Crippen LogP contribution in [0.5, 0.6) is 0 Å². The van der Waals surface area contributed by atoms with Crippen LogP contribution in [0.2, 0.25) is 0 Å². The lowest BCUT2D eigenvalue weighted by atomic mass is 10.2. The number of hydrogen-bond acceptors (Lipinski definition) is 3. The van der Waals surface area contributed by atoms with Crippen LogP contribution in [-0.4, -0.2) is 63.1 Å². The fraction of sp³-hybridized carbons (Fsp3) is 0.364. The van der Waals surface area contributed by atoms with E-state index in [2.05, 4.69) is 21.3 Å². The van der Waals surface area contributed by atoms with E-state index in [1.165, 1.54) is 11.6 Å². The van der Waals surface area contributed by atoms with Gasteiger partial charge in [-0.25, -0.2) is 4.39 Å². The number of carbonyl (C=O) groups is 1. The van der Waals surface area contributed by atoms with Crippen LogP contribution in [0.4, 0.5) is 15.8 Å². The molecule has 160 valence electrons. The van der Waals surface area contributed by atoms with Crippen LogP contribution in [0.15, 0.2) is 53.5 Å². The van der Waals surface area contributed by atoms with Crippen molar-refractivity contribution >= 4 is 47.2 Å². The van der Waals surface area contributed by atoms with Gasteiger partial charge in [0, 0.05) is 45.5 Å². The molecular formula is C22H27FIN5O. The zero-order valence-corrected chi connectivity index (χ0v) is 19.4. The third-order valence-corrected chi connectivity index (χ3v) is 5.57. The molecule has 2 aromatic rings. The molecule has 0 spiro atoms. The van der Waals surface area contributed by atoms with Crippen LogP contribution in [0.1, 0.15) is 5.56 Å². The first-order valence-corrected chi connectivity index (χ1v) is 10.0. The smallest absolute Gasteiger partial charge is 0.246 e. The summed E-state index contributed by atoms with van der Waals surface area (Å²) in [5, 5.41) is 3.20. The molecular weight excluding hydrogens is 496 g/mol. The highest BCUT2D eigenvalue weighted by Gasteiger charge is 2.25. The maximum absolute atomic E-state index is 14.0. The van der Waals surface area contributed by atoms with Gasteiger partial charge >= 0.3 is 0 Å². The Labute approximate surface area is 193 Å². The van der Waals surface area contributed by atoms with Gasteiger partial charge < -0.3 is 20.0 Å². The van der Waals surface area contributed by atoms with Crippen molar-refractivity contribution in [3.05, 3.63) is 59.9 Å². The van der Waals surface area contributed by atoms with Gasteiger partial charge in [0.05, 0.1) is 12.2 Å². The van der Waals surface area contributed by atoms with Crippen molar-refractivity contribution in [1.29, 1.82) is 0 Å². The maximum Gasteiger partial charge on any atom is 0.246 e. The van der Waals surface area contributed by atoms with Gasteiger partial charge in [-0.05, 0) is 30.2 Å². The number of fused-ring (bicyclic) bond motifs is 1. The van der Waals surface area contributed by atoms with E-state index in [1.54, 1.807) is 13.1 Å². The van der Waals surface area contributed by atoms with Crippen LogP contribution in [-0.2, 0) is 11.2 Å². The number of hydrogen-bond donors (Lipinski definition) is 1. The molecule has 2 aromatic carbocycles. The van der Waals surface area contributed by atoms with Crippen molar-refractivity contribution in [3.63, 3.8) is 0 Å². The second-order valence-corrected chi connectivity index (χ2v) is 7.25. The average molecular weight is 523 g/mol. The highest BCUT2D eigenvalue weighted by Crippen LogP contribution is 2.27. The summed E-state index contributed by atoms with van der Waals surface area (Å²) >= 11 is 0. The summed E-state index contributed by atoms with van der Waals surface area (Å²) in [4.78, 5) is 23.1. The molecule has 0 atom stereocenters. The first kappa shape index (κ1) is 22.3. The third-order valence-electron chi connectivity index (χ3n) is 5.57. The number of rotatable bonds is 3. The Bertz CT molecular complexity index is 914. The molecule has 6 nitrogen and oxygen atoms in total. The lowest BCUT2D eigenvalue weighted by Crippen LogP contribution is -2.54. The average Bonchev–Trinajstić information content (AvgIpc) is 3.19. The Morgan fingerprint density at radius 3 is 2.37 bits per heavy atom.